The van der Waals surface area contributed by atoms with Crippen LogP contribution in [0.5, 0.6) is 0 Å². The molecule has 1 aliphatic rings. The molecule has 1 aromatic rings. The zero-order valence-corrected chi connectivity index (χ0v) is 11.6. The molecule has 2 amide bonds. The number of hydrogen-bond acceptors (Lipinski definition) is 5. The Bertz CT molecular complexity index is 614. The van der Waals surface area contributed by atoms with Crippen LogP contribution in [0, 0.1) is 0 Å². The number of aliphatic hydroxyl groups is 1. The minimum absolute atomic E-state index is 0.0647. The van der Waals surface area contributed by atoms with Gasteiger partial charge in [-0.1, -0.05) is 30.3 Å². The lowest BCUT2D eigenvalue weighted by molar-refractivity contribution is -0.158. The van der Waals surface area contributed by atoms with Crippen LogP contribution >= 0.6 is 0 Å². The maximum atomic E-state index is 12.2. The van der Waals surface area contributed by atoms with E-state index in [2.05, 4.69) is 0 Å². The smallest absolute Gasteiger partial charge is 0.327 e. The van der Waals surface area contributed by atoms with Crippen molar-refractivity contribution >= 4 is 24.1 Å². The van der Waals surface area contributed by atoms with Crippen LogP contribution in [-0.4, -0.2) is 50.8 Å². The van der Waals surface area contributed by atoms with E-state index in [9.17, 15) is 29.4 Å². The third-order valence-electron chi connectivity index (χ3n) is 3.62. The molecule has 0 aliphatic carbocycles. The Kier molecular flexibility index (Phi) is 4.37. The normalized spacial score (nSPS) is 22.7. The van der Waals surface area contributed by atoms with Gasteiger partial charge in [0.15, 0.2) is 5.60 Å². The summed E-state index contributed by atoms with van der Waals surface area (Å²) in [6, 6.07) is 7.13. The van der Waals surface area contributed by atoms with Gasteiger partial charge in [0.1, 0.15) is 12.3 Å². The van der Waals surface area contributed by atoms with E-state index in [1.165, 1.54) is 0 Å². The molecule has 0 aromatic heterocycles. The van der Waals surface area contributed by atoms with Crippen molar-refractivity contribution in [3.8, 4) is 0 Å². The third kappa shape index (κ3) is 2.89. The fourth-order valence-corrected chi connectivity index (χ4v) is 2.49. The van der Waals surface area contributed by atoms with Crippen molar-refractivity contribution < 1.29 is 29.4 Å². The summed E-state index contributed by atoms with van der Waals surface area (Å²) < 4.78 is 0. The summed E-state index contributed by atoms with van der Waals surface area (Å²) in [6.07, 6.45) is -0.846. The first kappa shape index (κ1) is 15.8. The molecule has 1 saturated heterocycles. The van der Waals surface area contributed by atoms with E-state index < -0.39 is 42.3 Å². The Hall–Kier alpha value is -2.54. The number of aliphatic carboxylic acids is 1. The summed E-state index contributed by atoms with van der Waals surface area (Å²) in [5.41, 5.74) is -1.50. The largest absolute Gasteiger partial charge is 0.480 e. The van der Waals surface area contributed by atoms with Crippen LogP contribution in [0.4, 0.5) is 0 Å². The van der Waals surface area contributed by atoms with E-state index in [1.807, 2.05) is 0 Å². The molecule has 1 fully saturated rings. The van der Waals surface area contributed by atoms with Crippen LogP contribution in [0.25, 0.3) is 0 Å². The van der Waals surface area contributed by atoms with Gasteiger partial charge in [-0.05, 0) is 5.56 Å². The van der Waals surface area contributed by atoms with Crippen molar-refractivity contribution in [1.82, 2.24) is 4.90 Å². The SMILES string of the molecule is O=CCC1(O)CC(=O)N(C(Cc2ccccc2)C(=O)O)C1=O. The maximum Gasteiger partial charge on any atom is 0.327 e. The van der Waals surface area contributed by atoms with Crippen LogP contribution < -0.4 is 0 Å². The number of carboxylic acid groups (broad SMARTS) is 1. The highest BCUT2D eigenvalue weighted by Crippen LogP contribution is 2.29. The van der Waals surface area contributed by atoms with E-state index in [1.54, 1.807) is 30.3 Å². The second kappa shape index (κ2) is 6.07. The number of amides is 2. The highest BCUT2D eigenvalue weighted by molar-refractivity contribution is 6.10. The molecular formula is C15H15NO6. The number of hydrogen-bond donors (Lipinski definition) is 2. The van der Waals surface area contributed by atoms with Gasteiger partial charge in [0.05, 0.1) is 6.42 Å². The van der Waals surface area contributed by atoms with Gasteiger partial charge in [0, 0.05) is 12.8 Å². The Morgan fingerprint density at radius 2 is 1.95 bits per heavy atom. The molecule has 0 spiro atoms. The topological polar surface area (TPSA) is 112 Å². The number of carbonyl (C=O) groups excluding carboxylic acids is 3. The van der Waals surface area contributed by atoms with E-state index in [0.717, 1.165) is 0 Å². The van der Waals surface area contributed by atoms with E-state index >= 15 is 0 Å². The van der Waals surface area contributed by atoms with Gasteiger partial charge in [-0.2, -0.15) is 0 Å². The van der Waals surface area contributed by atoms with Crippen molar-refractivity contribution in [2.75, 3.05) is 0 Å². The standard InChI is InChI=1S/C15H15NO6/c17-7-6-15(22)9-12(18)16(14(15)21)11(13(19)20)8-10-4-2-1-3-5-10/h1-5,7,11,22H,6,8-9H2,(H,19,20). The monoisotopic (exact) mass is 305 g/mol. The average Bonchev–Trinajstić information content (AvgIpc) is 2.68. The molecule has 2 rings (SSSR count). The molecule has 1 aliphatic heterocycles. The maximum absolute atomic E-state index is 12.2. The van der Waals surface area contributed by atoms with Crippen LogP contribution in [0.1, 0.15) is 18.4 Å². The molecule has 0 bridgehead atoms. The minimum Gasteiger partial charge on any atom is -0.480 e. The quantitative estimate of drug-likeness (QED) is 0.554. The van der Waals surface area contributed by atoms with Crippen molar-refractivity contribution in [2.45, 2.75) is 30.9 Å². The molecule has 22 heavy (non-hydrogen) atoms. The van der Waals surface area contributed by atoms with Crippen LogP contribution in [-0.2, 0) is 25.6 Å². The van der Waals surface area contributed by atoms with Gasteiger partial charge in [0.25, 0.3) is 5.91 Å². The summed E-state index contributed by atoms with van der Waals surface area (Å²) in [6.45, 7) is 0. The molecule has 0 saturated carbocycles. The molecule has 7 nitrogen and oxygen atoms in total. The number of carboxylic acids is 1. The van der Waals surface area contributed by atoms with E-state index in [4.69, 9.17) is 0 Å². The first-order valence-corrected chi connectivity index (χ1v) is 6.68. The van der Waals surface area contributed by atoms with Crippen molar-refractivity contribution in [1.29, 1.82) is 0 Å². The van der Waals surface area contributed by atoms with E-state index in [0.29, 0.717) is 16.7 Å². The van der Waals surface area contributed by atoms with Crippen molar-refractivity contribution in [2.24, 2.45) is 0 Å². The summed E-state index contributed by atoms with van der Waals surface area (Å²) in [4.78, 5) is 46.7. The average molecular weight is 305 g/mol. The van der Waals surface area contributed by atoms with Crippen molar-refractivity contribution in [3.05, 3.63) is 35.9 Å². The first-order chi connectivity index (χ1) is 10.4. The number of benzene rings is 1. The lowest BCUT2D eigenvalue weighted by atomic mass is 9.98. The first-order valence-electron chi connectivity index (χ1n) is 6.68. The van der Waals surface area contributed by atoms with Crippen LogP contribution in [0.15, 0.2) is 30.3 Å². The lowest BCUT2D eigenvalue weighted by Crippen LogP contribution is -2.49. The van der Waals surface area contributed by atoms with Gasteiger partial charge < -0.3 is 15.0 Å². The minimum atomic E-state index is -2.14. The Morgan fingerprint density at radius 3 is 2.50 bits per heavy atom. The summed E-state index contributed by atoms with van der Waals surface area (Å²) >= 11 is 0. The molecule has 2 atom stereocenters. The Balaban J connectivity index is 2.29. The molecular weight excluding hydrogens is 290 g/mol. The predicted octanol–water partition coefficient (Wildman–Crippen LogP) is -0.239. The van der Waals surface area contributed by atoms with Gasteiger partial charge in [-0.3, -0.25) is 14.5 Å². The summed E-state index contributed by atoms with van der Waals surface area (Å²) in [7, 11) is 0. The highest BCUT2D eigenvalue weighted by atomic mass is 16.4. The van der Waals surface area contributed by atoms with Gasteiger partial charge in [-0.25, -0.2) is 4.79 Å². The molecule has 1 aromatic carbocycles. The molecule has 0 radical (unpaired) electrons. The second-order valence-corrected chi connectivity index (χ2v) is 5.19. The van der Waals surface area contributed by atoms with Crippen molar-refractivity contribution in [3.63, 3.8) is 0 Å². The zero-order chi connectivity index (χ0) is 16.3. The molecule has 7 heteroatoms. The molecule has 2 unspecified atom stereocenters. The Labute approximate surface area is 126 Å². The summed E-state index contributed by atoms with van der Waals surface area (Å²) in [5.74, 6) is -3.17. The highest BCUT2D eigenvalue weighted by Gasteiger charge is 2.53. The van der Waals surface area contributed by atoms with Gasteiger partial charge in [0.2, 0.25) is 5.91 Å². The number of carbonyl (C=O) groups is 4. The zero-order valence-electron chi connectivity index (χ0n) is 11.6. The molecule has 116 valence electrons. The van der Waals surface area contributed by atoms with Crippen LogP contribution in [0.2, 0.25) is 0 Å². The third-order valence-corrected chi connectivity index (χ3v) is 3.62. The number of nitrogens with zero attached hydrogens (tertiary/aromatic N) is 1. The lowest BCUT2D eigenvalue weighted by Gasteiger charge is -2.24. The van der Waals surface area contributed by atoms with Crippen LogP contribution in [0.3, 0.4) is 0 Å². The summed E-state index contributed by atoms with van der Waals surface area (Å²) in [5, 5.41) is 19.4. The number of aldehydes is 1. The fraction of sp³-hybridized carbons (Fsp3) is 0.333. The molecule has 2 N–H and O–H groups in total. The fourth-order valence-electron chi connectivity index (χ4n) is 2.49. The van der Waals surface area contributed by atoms with E-state index in [-0.39, 0.29) is 6.42 Å². The number of imide groups is 1. The molecule has 1 heterocycles. The number of likely N-dealkylation sites (tertiary alicyclic amines) is 1. The van der Waals surface area contributed by atoms with Gasteiger partial charge >= 0.3 is 5.97 Å². The Morgan fingerprint density at radius 1 is 1.32 bits per heavy atom. The predicted molar refractivity (Wildman–Crippen MR) is 73.7 cm³/mol. The van der Waals surface area contributed by atoms with Gasteiger partial charge in [-0.15, -0.1) is 0 Å². The second-order valence-electron chi connectivity index (χ2n) is 5.19. The number of rotatable bonds is 6.